The zero-order valence-electron chi connectivity index (χ0n) is 17.9. The Balaban J connectivity index is 0.000000147. The van der Waals surface area contributed by atoms with Crippen LogP contribution in [0.25, 0.3) is 21.5 Å². The van der Waals surface area contributed by atoms with E-state index in [1.807, 2.05) is 0 Å². The number of ether oxygens (including phenoxy) is 1. The van der Waals surface area contributed by atoms with E-state index in [0.29, 0.717) is 53.8 Å². The van der Waals surface area contributed by atoms with Crippen LogP contribution in [0.15, 0.2) is 60.7 Å². The third-order valence-electron chi connectivity index (χ3n) is 5.87. The molecular weight excluding hydrogens is 493 g/mol. The van der Waals surface area contributed by atoms with Crippen molar-refractivity contribution in [1.82, 2.24) is 4.90 Å². The summed E-state index contributed by atoms with van der Waals surface area (Å²) in [5.74, 6) is -2.02. The molecule has 0 aromatic heterocycles. The van der Waals surface area contributed by atoms with E-state index in [2.05, 4.69) is 4.74 Å². The van der Waals surface area contributed by atoms with E-state index in [0.717, 1.165) is 4.90 Å². The van der Waals surface area contributed by atoms with E-state index in [1.165, 1.54) is 0 Å². The van der Waals surface area contributed by atoms with Gasteiger partial charge in [-0.3, -0.25) is 14.5 Å². The maximum atomic E-state index is 12.3. The summed E-state index contributed by atoms with van der Waals surface area (Å²) in [6.45, 7) is -0.257. The second kappa shape index (κ2) is 8.78. The van der Waals surface area contributed by atoms with Gasteiger partial charge in [0.2, 0.25) is 0 Å². The van der Waals surface area contributed by atoms with Gasteiger partial charge in [-0.2, -0.15) is 0 Å². The molecule has 4 aromatic carbocycles. The predicted molar refractivity (Wildman–Crippen MR) is 130 cm³/mol. The van der Waals surface area contributed by atoms with Gasteiger partial charge in [0.15, 0.2) is 0 Å². The maximum Gasteiger partial charge on any atom is 0.346 e. The highest BCUT2D eigenvalue weighted by Gasteiger charge is 2.32. The number of benzene rings is 4. The van der Waals surface area contributed by atoms with Crippen LogP contribution in [0, 0.1) is 0 Å². The Morgan fingerprint density at radius 2 is 1.11 bits per heavy atom. The zero-order chi connectivity index (χ0) is 24.9. The summed E-state index contributed by atoms with van der Waals surface area (Å²) >= 11 is 12.1. The van der Waals surface area contributed by atoms with Crippen molar-refractivity contribution in [2.75, 3.05) is 13.2 Å². The van der Waals surface area contributed by atoms with Crippen molar-refractivity contribution in [3.8, 4) is 0 Å². The van der Waals surface area contributed by atoms with Gasteiger partial charge in [0.25, 0.3) is 11.8 Å². The van der Waals surface area contributed by atoms with Gasteiger partial charge >= 0.3 is 11.9 Å². The van der Waals surface area contributed by atoms with Gasteiger partial charge in [-0.1, -0.05) is 47.5 Å². The first-order valence-electron chi connectivity index (χ1n) is 10.5. The number of carbonyl (C=O) groups is 4. The summed E-state index contributed by atoms with van der Waals surface area (Å²) in [4.78, 5) is 48.6. The number of carbonyl (C=O) groups excluding carboxylic acids is 4. The molecule has 0 unspecified atom stereocenters. The third-order valence-corrected chi connectivity index (χ3v) is 6.53. The molecule has 174 valence electrons. The highest BCUT2D eigenvalue weighted by Crippen LogP contribution is 2.34. The summed E-state index contributed by atoms with van der Waals surface area (Å²) in [5, 5.41) is 12.6. The van der Waals surface area contributed by atoms with Gasteiger partial charge in [-0.15, -0.1) is 0 Å². The molecular formula is C26H15Cl2NO6. The van der Waals surface area contributed by atoms with Crippen LogP contribution in [0.5, 0.6) is 0 Å². The van der Waals surface area contributed by atoms with Crippen LogP contribution in [0.2, 0.25) is 10.0 Å². The molecule has 0 radical (unpaired) electrons. The molecule has 2 aliphatic heterocycles. The van der Waals surface area contributed by atoms with Crippen LogP contribution in [0.3, 0.4) is 0 Å². The van der Waals surface area contributed by atoms with Gasteiger partial charge in [-0.05, 0) is 36.4 Å². The number of amides is 2. The first-order chi connectivity index (χ1) is 16.8. The highest BCUT2D eigenvalue weighted by atomic mass is 35.5. The van der Waals surface area contributed by atoms with Crippen LogP contribution in [0.1, 0.15) is 41.4 Å². The fourth-order valence-electron chi connectivity index (χ4n) is 4.32. The van der Waals surface area contributed by atoms with Crippen molar-refractivity contribution in [2.45, 2.75) is 0 Å². The molecule has 2 heterocycles. The topological polar surface area (TPSA) is 101 Å². The minimum absolute atomic E-state index is 0.00385. The summed E-state index contributed by atoms with van der Waals surface area (Å²) in [6.07, 6.45) is 0. The molecule has 0 bridgehead atoms. The molecule has 1 N–H and O–H groups in total. The van der Waals surface area contributed by atoms with E-state index >= 15 is 0 Å². The molecule has 7 nitrogen and oxygen atoms in total. The van der Waals surface area contributed by atoms with Crippen molar-refractivity contribution in [3.05, 3.63) is 93.0 Å². The first-order valence-corrected chi connectivity index (χ1v) is 11.2. The number of halogens is 2. The number of hydrogen-bond acceptors (Lipinski definition) is 6. The summed E-state index contributed by atoms with van der Waals surface area (Å²) in [7, 11) is 0. The fourth-order valence-corrected chi connectivity index (χ4v) is 4.76. The first kappa shape index (κ1) is 23.0. The second-order valence-corrected chi connectivity index (χ2v) is 8.62. The molecule has 0 aliphatic carbocycles. The number of nitrogens with zero attached hydrogens (tertiary/aromatic N) is 1. The molecule has 35 heavy (non-hydrogen) atoms. The Labute approximate surface area is 208 Å². The molecule has 6 rings (SSSR count). The lowest BCUT2D eigenvalue weighted by Gasteiger charge is -2.26. The third kappa shape index (κ3) is 3.65. The molecule has 0 saturated heterocycles. The summed E-state index contributed by atoms with van der Waals surface area (Å²) in [6, 6.07) is 16.8. The summed E-state index contributed by atoms with van der Waals surface area (Å²) < 4.78 is 4.62. The predicted octanol–water partition coefficient (Wildman–Crippen LogP) is 4.89. The van der Waals surface area contributed by atoms with Gasteiger partial charge in [0, 0.05) is 42.7 Å². The zero-order valence-corrected chi connectivity index (χ0v) is 19.4. The largest absolute Gasteiger partial charge is 0.395 e. The quantitative estimate of drug-likeness (QED) is 0.235. The number of cyclic esters (lactones) is 2. The highest BCUT2D eigenvalue weighted by molar-refractivity contribution is 6.38. The molecule has 4 aromatic rings. The van der Waals surface area contributed by atoms with Crippen LogP contribution < -0.4 is 0 Å². The second-order valence-electron chi connectivity index (χ2n) is 7.81. The molecule has 0 atom stereocenters. The Hall–Kier alpha value is -3.78. The molecule has 9 heteroatoms. The van der Waals surface area contributed by atoms with Crippen molar-refractivity contribution in [1.29, 1.82) is 0 Å². The normalized spacial score (nSPS) is 14.2. The van der Waals surface area contributed by atoms with Crippen molar-refractivity contribution >= 4 is 68.5 Å². The Kier molecular flexibility index (Phi) is 5.76. The van der Waals surface area contributed by atoms with Crippen LogP contribution in [0.4, 0.5) is 0 Å². The number of aliphatic hydroxyl groups excluding tert-OH is 1. The molecule has 2 aliphatic rings. The van der Waals surface area contributed by atoms with Gasteiger partial charge in [-0.25, -0.2) is 9.59 Å². The molecule has 0 saturated carbocycles. The van der Waals surface area contributed by atoms with Gasteiger partial charge in [0.05, 0.1) is 24.3 Å². The van der Waals surface area contributed by atoms with Gasteiger partial charge < -0.3 is 9.84 Å². The number of hydrogen-bond donors (Lipinski definition) is 1. The van der Waals surface area contributed by atoms with Crippen LogP contribution >= 0.6 is 23.2 Å². The number of aliphatic hydroxyl groups is 1. The average Bonchev–Trinajstić information content (AvgIpc) is 2.86. The van der Waals surface area contributed by atoms with Crippen molar-refractivity contribution in [3.63, 3.8) is 0 Å². The lowest BCUT2D eigenvalue weighted by atomic mass is 9.94. The Morgan fingerprint density at radius 1 is 0.657 bits per heavy atom. The van der Waals surface area contributed by atoms with Crippen molar-refractivity contribution in [2.24, 2.45) is 0 Å². The molecule has 0 fully saturated rings. The number of β-amino-alcohol motifs (C(OH)–C–C–N with tert-alkyl or cyclic N) is 1. The average molecular weight is 508 g/mol. The smallest absolute Gasteiger partial charge is 0.346 e. The minimum Gasteiger partial charge on any atom is -0.395 e. The Morgan fingerprint density at radius 3 is 1.69 bits per heavy atom. The molecule has 2 amide bonds. The standard InChI is InChI=1S/C14H10ClNO3.C12H5ClO3/c15-11-5-4-10-12-8(11)2-1-3-9(12)13(18)16(6-7-17)14(10)19;13-9-5-4-8-10-6(9)2-1-3-7(10)11(14)16-12(8)15/h1-5,17H,6-7H2;1-5H. The van der Waals surface area contributed by atoms with E-state index in [-0.39, 0.29) is 25.0 Å². The van der Waals surface area contributed by atoms with Crippen molar-refractivity contribution < 1.29 is 29.0 Å². The van der Waals surface area contributed by atoms with Gasteiger partial charge in [0.1, 0.15) is 0 Å². The van der Waals surface area contributed by atoms with Crippen LogP contribution in [-0.2, 0) is 4.74 Å². The van der Waals surface area contributed by atoms with E-state index in [4.69, 9.17) is 28.3 Å². The SMILES string of the molecule is O=C1OC(=O)c2ccc(Cl)c3cccc1c23.O=C1c2cccc3c(Cl)ccc(c23)C(=O)N1CCO. The maximum absolute atomic E-state index is 12.3. The van der Waals surface area contributed by atoms with E-state index in [9.17, 15) is 19.2 Å². The number of esters is 2. The fraction of sp³-hybridized carbons (Fsp3) is 0.0769. The monoisotopic (exact) mass is 507 g/mol. The number of rotatable bonds is 2. The van der Waals surface area contributed by atoms with Crippen LogP contribution in [-0.4, -0.2) is 46.9 Å². The lowest BCUT2D eigenvalue weighted by molar-refractivity contribution is 0.0390. The molecule has 0 spiro atoms. The lowest BCUT2D eigenvalue weighted by Crippen LogP contribution is -2.41. The van der Waals surface area contributed by atoms with E-state index in [1.54, 1.807) is 60.7 Å². The van der Waals surface area contributed by atoms with E-state index < -0.39 is 11.9 Å². The minimum atomic E-state index is -0.620. The summed E-state index contributed by atoms with van der Waals surface area (Å²) in [5.41, 5.74) is 1.66. The number of imide groups is 1. The Bertz CT molecular complexity index is 1550.